The summed E-state index contributed by atoms with van der Waals surface area (Å²) in [6.45, 7) is 2.10. The maximum absolute atomic E-state index is 11.9. The molecule has 1 aromatic carbocycles. The minimum absolute atomic E-state index is 0.0360. The third-order valence-corrected chi connectivity index (χ3v) is 3.83. The minimum Gasteiger partial charge on any atom is -0.488 e. The van der Waals surface area contributed by atoms with Gasteiger partial charge in [0.05, 0.1) is 11.1 Å². The maximum Gasteiger partial charge on any atom is 0.273 e. The number of ether oxygens (including phenoxy) is 1. The zero-order valence-corrected chi connectivity index (χ0v) is 11.5. The lowest BCUT2D eigenvalue weighted by Gasteiger charge is -2.12. The summed E-state index contributed by atoms with van der Waals surface area (Å²) in [5.41, 5.74) is 1.68. The molecule has 0 spiro atoms. The number of hydrogen-bond donors (Lipinski definition) is 2. The summed E-state index contributed by atoms with van der Waals surface area (Å²) in [5, 5.41) is 14.2. The van der Waals surface area contributed by atoms with Crippen LogP contribution >= 0.6 is 0 Å². The summed E-state index contributed by atoms with van der Waals surface area (Å²) >= 11 is 0. The van der Waals surface area contributed by atoms with Crippen molar-refractivity contribution in [3.8, 4) is 17.0 Å². The van der Waals surface area contributed by atoms with Crippen LogP contribution in [0.25, 0.3) is 22.2 Å². The standard InChI is InChI=1S/C15H14N4O2/c1-15(5-6-15)21-9-2-3-12-11(8-9)13(18-17-12)10-4-7-16-19-14(10)20/h2-4,7-8H,5-6H2,1H3,(H,17,18)(H,19,20). The molecule has 106 valence electrons. The molecular formula is C15H14N4O2. The number of hydrogen-bond acceptors (Lipinski definition) is 4. The Morgan fingerprint density at radius 2 is 2.10 bits per heavy atom. The highest BCUT2D eigenvalue weighted by Gasteiger charge is 2.40. The molecule has 0 aliphatic heterocycles. The molecule has 0 radical (unpaired) electrons. The monoisotopic (exact) mass is 282 g/mol. The fraction of sp³-hybridized carbons (Fsp3) is 0.267. The number of aromatic amines is 2. The molecule has 1 aliphatic carbocycles. The van der Waals surface area contributed by atoms with E-state index in [-0.39, 0.29) is 11.2 Å². The number of nitrogens with zero attached hydrogens (tertiary/aromatic N) is 2. The first-order chi connectivity index (χ1) is 10.1. The fourth-order valence-electron chi connectivity index (χ4n) is 2.35. The summed E-state index contributed by atoms with van der Waals surface area (Å²) in [5.74, 6) is 0.802. The van der Waals surface area contributed by atoms with Gasteiger partial charge in [-0.2, -0.15) is 10.2 Å². The van der Waals surface area contributed by atoms with Crippen LogP contribution in [0.2, 0.25) is 0 Å². The van der Waals surface area contributed by atoms with E-state index in [4.69, 9.17) is 4.74 Å². The zero-order chi connectivity index (χ0) is 14.4. The summed E-state index contributed by atoms with van der Waals surface area (Å²) < 4.78 is 5.97. The first kappa shape index (κ1) is 12.1. The Morgan fingerprint density at radius 1 is 1.24 bits per heavy atom. The molecule has 0 saturated heterocycles. The molecule has 6 nitrogen and oxygen atoms in total. The van der Waals surface area contributed by atoms with Crippen molar-refractivity contribution in [2.75, 3.05) is 0 Å². The molecule has 0 amide bonds. The second-order valence-electron chi connectivity index (χ2n) is 5.63. The van der Waals surface area contributed by atoms with Crippen molar-refractivity contribution in [2.45, 2.75) is 25.4 Å². The lowest BCUT2D eigenvalue weighted by Crippen LogP contribution is -2.12. The normalized spacial score (nSPS) is 16.0. The van der Waals surface area contributed by atoms with Crippen LogP contribution in [-0.2, 0) is 0 Å². The molecule has 2 N–H and O–H groups in total. The van der Waals surface area contributed by atoms with Crippen molar-refractivity contribution in [2.24, 2.45) is 0 Å². The van der Waals surface area contributed by atoms with Gasteiger partial charge in [-0.05, 0) is 44.0 Å². The Hall–Kier alpha value is -2.63. The van der Waals surface area contributed by atoms with Gasteiger partial charge >= 0.3 is 0 Å². The van der Waals surface area contributed by atoms with Gasteiger partial charge in [0, 0.05) is 11.6 Å². The number of aromatic nitrogens is 4. The van der Waals surface area contributed by atoms with E-state index in [2.05, 4.69) is 27.3 Å². The van der Waals surface area contributed by atoms with Crippen LogP contribution in [0.15, 0.2) is 35.3 Å². The van der Waals surface area contributed by atoms with Crippen molar-refractivity contribution < 1.29 is 4.74 Å². The SMILES string of the molecule is CC1(Oc2ccc3[nH]nc(-c4ccn[nH]c4=O)c3c2)CC1. The summed E-state index contributed by atoms with van der Waals surface area (Å²) in [6, 6.07) is 7.43. The highest BCUT2D eigenvalue weighted by Crippen LogP contribution is 2.40. The molecular weight excluding hydrogens is 268 g/mol. The van der Waals surface area contributed by atoms with Gasteiger partial charge in [-0.3, -0.25) is 9.89 Å². The molecule has 1 saturated carbocycles. The Labute approximate surface area is 120 Å². The molecule has 3 aromatic rings. The Balaban J connectivity index is 1.84. The van der Waals surface area contributed by atoms with E-state index in [0.717, 1.165) is 29.5 Å². The van der Waals surface area contributed by atoms with Gasteiger partial charge in [0.25, 0.3) is 5.56 Å². The maximum atomic E-state index is 11.9. The van der Waals surface area contributed by atoms with Crippen molar-refractivity contribution in [3.05, 3.63) is 40.8 Å². The molecule has 0 atom stereocenters. The summed E-state index contributed by atoms with van der Waals surface area (Å²) in [6.07, 6.45) is 3.70. The van der Waals surface area contributed by atoms with Crippen molar-refractivity contribution >= 4 is 10.9 Å². The Morgan fingerprint density at radius 3 is 2.86 bits per heavy atom. The second-order valence-corrected chi connectivity index (χ2v) is 5.63. The molecule has 1 aliphatic rings. The predicted octanol–water partition coefficient (Wildman–Crippen LogP) is 2.24. The van der Waals surface area contributed by atoms with Gasteiger partial charge in [0.15, 0.2) is 0 Å². The molecule has 0 unspecified atom stereocenters. The van der Waals surface area contributed by atoms with Crippen LogP contribution in [0.5, 0.6) is 5.75 Å². The first-order valence-corrected chi connectivity index (χ1v) is 6.86. The third-order valence-electron chi connectivity index (χ3n) is 3.83. The van der Waals surface area contributed by atoms with Crippen LogP contribution < -0.4 is 10.3 Å². The Kier molecular flexibility index (Phi) is 2.42. The highest BCUT2D eigenvalue weighted by atomic mass is 16.5. The average Bonchev–Trinajstić information content (AvgIpc) is 3.05. The van der Waals surface area contributed by atoms with E-state index >= 15 is 0 Å². The van der Waals surface area contributed by atoms with Crippen molar-refractivity contribution in [1.82, 2.24) is 20.4 Å². The number of fused-ring (bicyclic) bond motifs is 1. The van der Waals surface area contributed by atoms with Gasteiger partial charge in [-0.1, -0.05) is 0 Å². The molecule has 21 heavy (non-hydrogen) atoms. The molecule has 6 heteroatoms. The molecule has 2 aromatic heterocycles. The van der Waals surface area contributed by atoms with Crippen LogP contribution in [0, 0.1) is 0 Å². The van der Waals surface area contributed by atoms with Crippen LogP contribution in [0.4, 0.5) is 0 Å². The molecule has 0 bridgehead atoms. The van der Waals surface area contributed by atoms with Crippen LogP contribution in [0.1, 0.15) is 19.8 Å². The zero-order valence-electron chi connectivity index (χ0n) is 11.5. The van der Waals surface area contributed by atoms with Crippen molar-refractivity contribution in [3.63, 3.8) is 0 Å². The molecule has 1 fully saturated rings. The van der Waals surface area contributed by atoms with Crippen molar-refractivity contribution in [1.29, 1.82) is 0 Å². The fourth-order valence-corrected chi connectivity index (χ4v) is 2.35. The summed E-state index contributed by atoms with van der Waals surface area (Å²) in [4.78, 5) is 11.9. The van der Waals surface area contributed by atoms with Gasteiger partial charge in [-0.15, -0.1) is 0 Å². The highest BCUT2D eigenvalue weighted by molar-refractivity contribution is 5.93. The van der Waals surface area contributed by atoms with E-state index in [9.17, 15) is 4.79 Å². The first-order valence-electron chi connectivity index (χ1n) is 6.86. The lowest BCUT2D eigenvalue weighted by molar-refractivity contribution is 0.200. The number of H-pyrrole nitrogens is 2. The molecule has 2 heterocycles. The predicted molar refractivity (Wildman–Crippen MR) is 78.2 cm³/mol. The molecule has 4 rings (SSSR count). The van der Waals surface area contributed by atoms with E-state index in [1.54, 1.807) is 12.3 Å². The third kappa shape index (κ3) is 2.08. The number of nitrogens with one attached hydrogen (secondary N) is 2. The minimum atomic E-state index is -0.258. The van der Waals surface area contributed by atoms with Gasteiger partial charge < -0.3 is 4.74 Å². The Bertz CT molecular complexity index is 877. The number of benzene rings is 1. The average molecular weight is 282 g/mol. The largest absolute Gasteiger partial charge is 0.488 e. The van der Waals surface area contributed by atoms with Crippen LogP contribution in [0.3, 0.4) is 0 Å². The van der Waals surface area contributed by atoms with Gasteiger partial charge in [0.2, 0.25) is 0 Å². The quantitative estimate of drug-likeness (QED) is 0.771. The van der Waals surface area contributed by atoms with Gasteiger partial charge in [-0.25, -0.2) is 5.10 Å². The van der Waals surface area contributed by atoms with E-state index in [1.165, 1.54) is 0 Å². The number of rotatable bonds is 3. The second kappa shape index (κ2) is 4.18. The van der Waals surface area contributed by atoms with E-state index in [0.29, 0.717) is 11.3 Å². The smallest absolute Gasteiger partial charge is 0.273 e. The van der Waals surface area contributed by atoms with Gasteiger partial charge in [0.1, 0.15) is 17.0 Å². The lowest BCUT2D eigenvalue weighted by atomic mass is 10.1. The van der Waals surface area contributed by atoms with E-state index < -0.39 is 0 Å². The summed E-state index contributed by atoms with van der Waals surface area (Å²) in [7, 11) is 0. The van der Waals surface area contributed by atoms with Crippen LogP contribution in [-0.4, -0.2) is 26.0 Å². The van der Waals surface area contributed by atoms with E-state index in [1.807, 2.05) is 18.2 Å². The topological polar surface area (TPSA) is 83.7 Å².